The van der Waals surface area contributed by atoms with Crippen LogP contribution in [-0.2, 0) is 32.5 Å². The van der Waals surface area contributed by atoms with Gasteiger partial charge < -0.3 is 9.80 Å². The Kier molecular flexibility index (Phi) is 8.86. The first kappa shape index (κ1) is 42.6. The van der Waals surface area contributed by atoms with Crippen molar-refractivity contribution in [1.82, 2.24) is 0 Å². The van der Waals surface area contributed by atoms with Crippen LogP contribution in [0.15, 0.2) is 109 Å². The first-order valence-electron chi connectivity index (χ1n) is 24.3. The maximum Gasteiger partial charge on any atom is 0.264 e. The Morgan fingerprint density at radius 3 is 1.69 bits per heavy atom. The molecule has 0 amide bonds. The summed E-state index contributed by atoms with van der Waals surface area (Å²) < 4.78 is 2.83. The van der Waals surface area contributed by atoms with E-state index in [4.69, 9.17) is 0 Å². The molecule has 4 heteroatoms. The van der Waals surface area contributed by atoms with Crippen molar-refractivity contribution in [2.24, 2.45) is 0 Å². The van der Waals surface area contributed by atoms with Crippen molar-refractivity contribution >= 4 is 78.0 Å². The molecule has 7 aromatic rings. The van der Waals surface area contributed by atoms with Gasteiger partial charge in [-0.1, -0.05) is 165 Å². The fourth-order valence-electron chi connectivity index (χ4n) is 12.1. The largest absolute Gasteiger partial charge is 0.311 e. The normalized spacial score (nSPS) is 17.6. The van der Waals surface area contributed by atoms with Crippen LogP contribution in [0.3, 0.4) is 0 Å². The first-order valence-corrected chi connectivity index (χ1v) is 25.1. The minimum atomic E-state index is -0.0833. The highest BCUT2D eigenvalue weighted by Gasteiger charge is 2.51. The number of anilines is 6. The van der Waals surface area contributed by atoms with Crippen LogP contribution in [0.5, 0.6) is 0 Å². The monoisotopic (exact) mass is 871 g/mol. The van der Waals surface area contributed by atoms with Crippen LogP contribution in [0.4, 0.5) is 34.1 Å². The van der Waals surface area contributed by atoms with E-state index in [1.165, 1.54) is 110 Å². The summed E-state index contributed by atoms with van der Waals surface area (Å²) in [6.07, 6.45) is 2.29. The van der Waals surface area contributed by atoms with Gasteiger partial charge in [0.05, 0.1) is 5.69 Å². The number of thiophene rings is 1. The summed E-state index contributed by atoms with van der Waals surface area (Å²) in [7, 11) is 0. The maximum atomic E-state index is 2.77. The molecule has 0 bridgehead atoms. The predicted molar refractivity (Wildman–Crippen MR) is 285 cm³/mol. The van der Waals surface area contributed by atoms with Gasteiger partial charge >= 0.3 is 0 Å². The molecule has 0 N–H and O–H groups in total. The lowest BCUT2D eigenvalue weighted by molar-refractivity contribution is 0.333. The van der Waals surface area contributed by atoms with E-state index in [1.807, 2.05) is 11.3 Å². The third-order valence-corrected chi connectivity index (χ3v) is 17.4. The molecule has 4 aliphatic rings. The highest BCUT2D eigenvalue weighted by Crippen LogP contribution is 2.58. The average molecular weight is 871 g/mol. The Labute approximate surface area is 394 Å². The molecule has 1 aromatic heterocycles. The van der Waals surface area contributed by atoms with Crippen LogP contribution < -0.4 is 25.5 Å². The van der Waals surface area contributed by atoms with E-state index in [0.717, 1.165) is 12.8 Å². The molecule has 6 aromatic carbocycles. The molecule has 65 heavy (non-hydrogen) atoms. The van der Waals surface area contributed by atoms with Gasteiger partial charge in [0, 0.05) is 48.7 Å². The van der Waals surface area contributed by atoms with Crippen molar-refractivity contribution < 1.29 is 0 Å². The molecule has 0 radical (unpaired) electrons. The van der Waals surface area contributed by atoms with Crippen molar-refractivity contribution in [3.05, 3.63) is 148 Å². The molecule has 3 heterocycles. The zero-order valence-corrected chi connectivity index (χ0v) is 42.5. The molecule has 330 valence electrons. The minimum absolute atomic E-state index is 0.0150. The predicted octanol–water partition coefficient (Wildman–Crippen LogP) is 15.5. The van der Waals surface area contributed by atoms with Crippen molar-refractivity contribution in [3.63, 3.8) is 0 Å². The van der Waals surface area contributed by atoms with Gasteiger partial charge in [0.2, 0.25) is 0 Å². The summed E-state index contributed by atoms with van der Waals surface area (Å²) >= 11 is 2.05. The van der Waals surface area contributed by atoms with E-state index < -0.39 is 0 Å². The van der Waals surface area contributed by atoms with E-state index in [1.54, 1.807) is 0 Å². The number of benzene rings is 6. The Hall–Kier alpha value is -5.06. The van der Waals surface area contributed by atoms with Gasteiger partial charge in [-0.05, 0) is 149 Å². The number of nitrogens with zero attached hydrogens (tertiary/aromatic N) is 2. The van der Waals surface area contributed by atoms with Crippen LogP contribution in [0, 0.1) is 0 Å². The van der Waals surface area contributed by atoms with Crippen LogP contribution in [0.25, 0.3) is 21.2 Å². The molecular formula is C61H67BN2S. The van der Waals surface area contributed by atoms with E-state index in [0.29, 0.717) is 0 Å². The highest BCUT2D eigenvalue weighted by molar-refractivity contribution is 7.33. The van der Waals surface area contributed by atoms with E-state index in [9.17, 15) is 0 Å². The van der Waals surface area contributed by atoms with Crippen LogP contribution in [0.1, 0.15) is 156 Å². The lowest BCUT2D eigenvalue weighted by Crippen LogP contribution is -2.61. The maximum absolute atomic E-state index is 2.77. The number of hydrogen-bond donors (Lipinski definition) is 0. The van der Waals surface area contributed by atoms with E-state index >= 15 is 0 Å². The van der Waals surface area contributed by atoms with Crippen molar-refractivity contribution in [3.8, 4) is 11.1 Å². The topological polar surface area (TPSA) is 6.48 Å². The second kappa shape index (κ2) is 13.5. The molecule has 0 saturated carbocycles. The third-order valence-electron chi connectivity index (χ3n) is 16.2. The lowest BCUT2D eigenvalue weighted by Gasteiger charge is -2.50. The Morgan fingerprint density at radius 2 is 1.08 bits per heavy atom. The second-order valence-electron chi connectivity index (χ2n) is 24.9. The van der Waals surface area contributed by atoms with Gasteiger partial charge in [0.15, 0.2) is 0 Å². The van der Waals surface area contributed by atoms with Crippen molar-refractivity contribution in [2.45, 2.75) is 149 Å². The fraction of sp³-hybridized carbons (Fsp3) is 0.377. The molecule has 0 fully saturated rings. The SMILES string of the molecule is CC(C)(C)c1ccc(N2c3ccc(C(C)(C)C)cc3B3c4sc5cc6c(cc5c4N(c4ccc(C(C)(C)C)cc4)c4c3c2cc2c4C(C)(C)CCC2(C)C)-c2ccccc2C6(C)C)cc1. The van der Waals surface area contributed by atoms with Crippen molar-refractivity contribution in [1.29, 1.82) is 0 Å². The number of fused-ring (bicyclic) bond motifs is 11. The summed E-state index contributed by atoms with van der Waals surface area (Å²) in [4.78, 5) is 5.42. The van der Waals surface area contributed by atoms with Gasteiger partial charge in [-0.2, -0.15) is 0 Å². The summed E-state index contributed by atoms with van der Waals surface area (Å²) in [5.41, 5.74) is 23.4. The zero-order valence-electron chi connectivity index (χ0n) is 41.7. The van der Waals surface area contributed by atoms with Gasteiger partial charge in [-0.3, -0.25) is 0 Å². The van der Waals surface area contributed by atoms with Crippen LogP contribution >= 0.6 is 11.3 Å². The molecule has 0 spiro atoms. The zero-order chi connectivity index (χ0) is 46.1. The van der Waals surface area contributed by atoms with E-state index in [2.05, 4.69) is 223 Å². The molecule has 0 unspecified atom stereocenters. The van der Waals surface area contributed by atoms with Gasteiger partial charge in [-0.15, -0.1) is 11.3 Å². The first-order chi connectivity index (χ1) is 30.4. The van der Waals surface area contributed by atoms with Gasteiger partial charge in [0.25, 0.3) is 6.71 Å². The van der Waals surface area contributed by atoms with E-state index in [-0.39, 0.29) is 39.2 Å². The Morgan fingerprint density at radius 1 is 0.508 bits per heavy atom. The Balaban J connectivity index is 1.32. The quantitative estimate of drug-likeness (QED) is 0.160. The summed E-state index contributed by atoms with van der Waals surface area (Å²) in [6, 6.07) is 43.6. The summed E-state index contributed by atoms with van der Waals surface area (Å²) in [5.74, 6) is 0. The molecule has 11 rings (SSSR count). The average Bonchev–Trinajstić information content (AvgIpc) is 3.71. The number of rotatable bonds is 2. The van der Waals surface area contributed by atoms with Crippen molar-refractivity contribution in [2.75, 3.05) is 9.80 Å². The van der Waals surface area contributed by atoms with Crippen LogP contribution in [0.2, 0.25) is 0 Å². The molecule has 0 saturated heterocycles. The minimum Gasteiger partial charge on any atom is -0.311 e. The summed E-state index contributed by atoms with van der Waals surface area (Å²) in [6.45, 7) is 36.0. The smallest absolute Gasteiger partial charge is 0.264 e. The highest BCUT2D eigenvalue weighted by atomic mass is 32.1. The standard InChI is InChI=1S/C61H67BN2S/c1-56(2,3)36-20-25-39(26-21-36)63-48-29-24-38(58(7,8)9)32-47(48)62-52-49(63)34-46-51(60(12,13)31-30-59(46,10)11)54(52)64(40-27-22-37(23-28-40)57(4,5)6)53-43-33-42-41-18-16-17-19-44(41)61(14,15)45(42)35-50(43)65-55(53)62/h16-29,32-35H,30-31H2,1-15H3. The molecule has 2 aliphatic carbocycles. The lowest BCUT2D eigenvalue weighted by atomic mass is 9.35. The number of hydrogen-bond acceptors (Lipinski definition) is 3. The summed E-state index contributed by atoms with van der Waals surface area (Å²) in [5, 5.41) is 1.36. The molecular weight excluding hydrogens is 804 g/mol. The van der Waals surface area contributed by atoms with Gasteiger partial charge in [-0.25, -0.2) is 0 Å². The van der Waals surface area contributed by atoms with Crippen LogP contribution in [-0.4, -0.2) is 6.71 Å². The fourth-order valence-corrected chi connectivity index (χ4v) is 13.4. The Bertz CT molecular complexity index is 3120. The van der Waals surface area contributed by atoms with Gasteiger partial charge in [0.1, 0.15) is 0 Å². The molecule has 2 aliphatic heterocycles. The molecule has 0 atom stereocenters. The second-order valence-corrected chi connectivity index (χ2v) is 26.0. The third kappa shape index (κ3) is 6.17. The molecule has 2 nitrogen and oxygen atoms in total.